The fraction of sp³-hybridized carbons (Fsp3) is 0.118. The van der Waals surface area contributed by atoms with Gasteiger partial charge in [-0.2, -0.15) is 5.10 Å². The van der Waals surface area contributed by atoms with Crippen molar-refractivity contribution >= 4 is 17.3 Å². The highest BCUT2D eigenvalue weighted by Crippen LogP contribution is 2.30. The monoisotopic (exact) mass is 297 g/mol. The van der Waals surface area contributed by atoms with E-state index in [0.29, 0.717) is 17.3 Å². The van der Waals surface area contributed by atoms with Gasteiger partial charge in [-0.05, 0) is 18.6 Å². The molecule has 0 amide bonds. The van der Waals surface area contributed by atoms with Crippen LogP contribution in [0.3, 0.4) is 0 Å². The zero-order valence-corrected chi connectivity index (χ0v) is 12.5. The predicted molar refractivity (Wildman–Crippen MR) is 87.4 cm³/mol. The standard InChI is InChI=1S/C17H16ClN3/c1-12-6-8-13(9-7-12)10-21-11-16(19)17(20-21)14-4-2-3-5-15(14)18/h2-9,11H,10,19H2,1H3. The van der Waals surface area contributed by atoms with Gasteiger partial charge in [0, 0.05) is 11.8 Å². The summed E-state index contributed by atoms with van der Waals surface area (Å²) in [6, 6.07) is 16.0. The van der Waals surface area contributed by atoms with Crippen LogP contribution in [0, 0.1) is 6.92 Å². The second kappa shape index (κ2) is 5.62. The number of hydrogen-bond donors (Lipinski definition) is 1. The van der Waals surface area contributed by atoms with Gasteiger partial charge in [-0.3, -0.25) is 4.68 Å². The molecule has 0 fully saturated rings. The highest BCUT2D eigenvalue weighted by Gasteiger charge is 2.11. The Hall–Kier alpha value is -2.26. The van der Waals surface area contributed by atoms with E-state index in [-0.39, 0.29) is 0 Å². The van der Waals surface area contributed by atoms with E-state index in [1.165, 1.54) is 11.1 Å². The van der Waals surface area contributed by atoms with Crippen molar-refractivity contribution in [3.05, 3.63) is 70.9 Å². The lowest BCUT2D eigenvalue weighted by Crippen LogP contribution is -2.00. The lowest BCUT2D eigenvalue weighted by molar-refractivity contribution is 0.689. The molecule has 3 nitrogen and oxygen atoms in total. The highest BCUT2D eigenvalue weighted by molar-refractivity contribution is 6.33. The van der Waals surface area contributed by atoms with Crippen LogP contribution in [-0.4, -0.2) is 9.78 Å². The number of rotatable bonds is 3. The minimum Gasteiger partial charge on any atom is -0.396 e. The molecule has 0 aliphatic carbocycles. The first-order chi connectivity index (χ1) is 10.1. The van der Waals surface area contributed by atoms with Gasteiger partial charge in [0.2, 0.25) is 0 Å². The second-order valence-corrected chi connectivity index (χ2v) is 5.50. The third kappa shape index (κ3) is 2.93. The molecular formula is C17H16ClN3. The Morgan fingerprint density at radius 1 is 1.10 bits per heavy atom. The minimum atomic E-state index is 0.634. The molecule has 1 heterocycles. The van der Waals surface area contributed by atoms with Crippen LogP contribution in [0.1, 0.15) is 11.1 Å². The zero-order chi connectivity index (χ0) is 14.8. The highest BCUT2D eigenvalue weighted by atomic mass is 35.5. The number of nitrogen functional groups attached to an aromatic ring is 1. The molecule has 1 aromatic heterocycles. The van der Waals surface area contributed by atoms with Crippen molar-refractivity contribution in [3.63, 3.8) is 0 Å². The number of aromatic nitrogens is 2. The van der Waals surface area contributed by atoms with Crippen LogP contribution in [-0.2, 0) is 6.54 Å². The molecule has 106 valence electrons. The lowest BCUT2D eigenvalue weighted by Gasteiger charge is -2.03. The third-order valence-corrected chi connectivity index (χ3v) is 3.71. The number of nitrogens with two attached hydrogens (primary N) is 1. The molecule has 0 saturated carbocycles. The topological polar surface area (TPSA) is 43.8 Å². The van der Waals surface area contributed by atoms with Crippen molar-refractivity contribution < 1.29 is 0 Å². The van der Waals surface area contributed by atoms with E-state index in [1.54, 1.807) is 0 Å². The summed E-state index contributed by atoms with van der Waals surface area (Å²) in [5, 5.41) is 5.22. The minimum absolute atomic E-state index is 0.634. The number of nitrogens with zero attached hydrogens (tertiary/aromatic N) is 2. The summed E-state index contributed by atoms with van der Waals surface area (Å²) in [5.74, 6) is 0. The van der Waals surface area contributed by atoms with Crippen LogP contribution in [0.5, 0.6) is 0 Å². The van der Waals surface area contributed by atoms with Crippen molar-refractivity contribution in [1.29, 1.82) is 0 Å². The van der Waals surface area contributed by atoms with Crippen molar-refractivity contribution in [2.75, 3.05) is 5.73 Å². The molecule has 4 heteroatoms. The molecule has 0 unspecified atom stereocenters. The SMILES string of the molecule is Cc1ccc(Cn2cc(N)c(-c3ccccc3Cl)n2)cc1. The summed E-state index contributed by atoms with van der Waals surface area (Å²) in [6.07, 6.45) is 1.85. The van der Waals surface area contributed by atoms with E-state index >= 15 is 0 Å². The molecule has 2 N–H and O–H groups in total. The molecule has 0 saturated heterocycles. The van der Waals surface area contributed by atoms with Gasteiger partial charge in [0.25, 0.3) is 0 Å². The summed E-state index contributed by atoms with van der Waals surface area (Å²) < 4.78 is 1.85. The maximum atomic E-state index is 6.21. The first-order valence-electron chi connectivity index (χ1n) is 6.77. The quantitative estimate of drug-likeness (QED) is 0.789. The summed E-state index contributed by atoms with van der Waals surface area (Å²) >= 11 is 6.21. The van der Waals surface area contributed by atoms with Gasteiger partial charge >= 0.3 is 0 Å². The normalized spacial score (nSPS) is 10.8. The molecule has 0 radical (unpaired) electrons. The molecule has 3 rings (SSSR count). The Balaban J connectivity index is 1.91. The number of benzene rings is 2. The number of anilines is 1. The molecule has 0 atom stereocenters. The number of aryl methyl sites for hydroxylation is 1. The summed E-state index contributed by atoms with van der Waals surface area (Å²) in [4.78, 5) is 0. The van der Waals surface area contributed by atoms with Gasteiger partial charge in [-0.15, -0.1) is 0 Å². The van der Waals surface area contributed by atoms with E-state index < -0.39 is 0 Å². The van der Waals surface area contributed by atoms with Crippen molar-refractivity contribution in [1.82, 2.24) is 9.78 Å². The average Bonchev–Trinajstić information content (AvgIpc) is 2.83. The molecule has 0 bridgehead atoms. The summed E-state index contributed by atoms with van der Waals surface area (Å²) in [6.45, 7) is 2.76. The van der Waals surface area contributed by atoms with E-state index in [0.717, 1.165) is 11.3 Å². The van der Waals surface area contributed by atoms with Gasteiger partial charge in [0.15, 0.2) is 0 Å². The fourth-order valence-corrected chi connectivity index (χ4v) is 2.49. The van der Waals surface area contributed by atoms with Crippen LogP contribution in [0.15, 0.2) is 54.7 Å². The van der Waals surface area contributed by atoms with Crippen LogP contribution in [0.25, 0.3) is 11.3 Å². The van der Waals surface area contributed by atoms with Crippen LogP contribution < -0.4 is 5.73 Å². The first-order valence-corrected chi connectivity index (χ1v) is 7.14. The van der Waals surface area contributed by atoms with Crippen molar-refractivity contribution in [2.24, 2.45) is 0 Å². The predicted octanol–water partition coefficient (Wildman–Crippen LogP) is 4.14. The maximum absolute atomic E-state index is 6.21. The largest absolute Gasteiger partial charge is 0.396 e. The maximum Gasteiger partial charge on any atom is 0.117 e. The molecule has 0 aliphatic heterocycles. The summed E-state index contributed by atoms with van der Waals surface area (Å²) in [5.41, 5.74) is 10.7. The van der Waals surface area contributed by atoms with Crippen LogP contribution in [0.2, 0.25) is 5.02 Å². The number of halogens is 1. The Bertz CT molecular complexity index is 760. The van der Waals surface area contributed by atoms with Gasteiger partial charge in [0.1, 0.15) is 5.69 Å². The zero-order valence-electron chi connectivity index (χ0n) is 11.8. The Labute approximate surface area is 129 Å². The third-order valence-electron chi connectivity index (χ3n) is 3.38. The molecule has 0 aliphatic rings. The fourth-order valence-electron chi connectivity index (χ4n) is 2.26. The van der Waals surface area contributed by atoms with E-state index in [4.69, 9.17) is 17.3 Å². The van der Waals surface area contributed by atoms with Crippen molar-refractivity contribution in [2.45, 2.75) is 13.5 Å². The molecule has 0 spiro atoms. The van der Waals surface area contributed by atoms with Crippen molar-refractivity contribution in [3.8, 4) is 11.3 Å². The Kier molecular flexibility index (Phi) is 3.67. The Morgan fingerprint density at radius 3 is 2.52 bits per heavy atom. The molecule has 3 aromatic rings. The second-order valence-electron chi connectivity index (χ2n) is 5.10. The van der Waals surface area contributed by atoms with Crippen LogP contribution in [0.4, 0.5) is 5.69 Å². The Morgan fingerprint density at radius 2 is 1.81 bits per heavy atom. The average molecular weight is 298 g/mol. The van der Waals surface area contributed by atoms with Gasteiger partial charge in [-0.25, -0.2) is 0 Å². The van der Waals surface area contributed by atoms with Gasteiger partial charge in [0.05, 0.1) is 17.3 Å². The van der Waals surface area contributed by atoms with Gasteiger partial charge in [-0.1, -0.05) is 59.6 Å². The van der Waals surface area contributed by atoms with Gasteiger partial charge < -0.3 is 5.73 Å². The molecule has 2 aromatic carbocycles. The van der Waals surface area contributed by atoms with Crippen LogP contribution >= 0.6 is 11.6 Å². The first kappa shape index (κ1) is 13.7. The van der Waals surface area contributed by atoms with E-state index in [9.17, 15) is 0 Å². The summed E-state index contributed by atoms with van der Waals surface area (Å²) in [7, 11) is 0. The van der Waals surface area contributed by atoms with E-state index in [2.05, 4.69) is 36.3 Å². The molecule has 21 heavy (non-hydrogen) atoms. The molecular weight excluding hydrogens is 282 g/mol. The smallest absolute Gasteiger partial charge is 0.117 e. The van der Waals surface area contributed by atoms with E-state index in [1.807, 2.05) is 35.1 Å². The lowest BCUT2D eigenvalue weighted by atomic mass is 10.1. The number of hydrogen-bond acceptors (Lipinski definition) is 2.